The van der Waals surface area contributed by atoms with Crippen LogP contribution in [0, 0.1) is 10.1 Å². The molecule has 0 saturated heterocycles. The van der Waals surface area contributed by atoms with Crippen molar-refractivity contribution in [3.8, 4) is 17.0 Å². The first-order valence-electron chi connectivity index (χ1n) is 8.20. The van der Waals surface area contributed by atoms with Gasteiger partial charge in [0.25, 0.3) is 5.69 Å². The molecule has 0 bridgehead atoms. The average Bonchev–Trinajstić information content (AvgIpc) is 3.11. The smallest absolute Gasteiger partial charge is 0.286 e. The summed E-state index contributed by atoms with van der Waals surface area (Å²) in [4.78, 5) is 15.0. The molecule has 0 aliphatic rings. The van der Waals surface area contributed by atoms with Crippen LogP contribution in [0.3, 0.4) is 0 Å². The maximum Gasteiger partial charge on any atom is 0.286 e. The third kappa shape index (κ3) is 3.61. The van der Waals surface area contributed by atoms with E-state index in [2.05, 4.69) is 4.98 Å². The molecule has 2 heterocycles. The Morgan fingerprint density at radius 2 is 1.81 bits per heavy atom. The van der Waals surface area contributed by atoms with E-state index < -0.39 is 4.92 Å². The molecule has 0 aliphatic heterocycles. The monoisotopic (exact) mass is 379 g/mol. The number of hydrogen-bond acceptors (Lipinski definition) is 4. The number of imidazole rings is 1. The highest BCUT2D eigenvalue weighted by Crippen LogP contribution is 2.24. The van der Waals surface area contributed by atoms with Crippen molar-refractivity contribution in [1.29, 1.82) is 0 Å². The van der Waals surface area contributed by atoms with Gasteiger partial charge in [0.05, 0.1) is 16.8 Å². The van der Waals surface area contributed by atoms with E-state index in [-0.39, 0.29) is 5.69 Å². The molecule has 4 aromatic rings. The fourth-order valence-electron chi connectivity index (χ4n) is 2.73. The van der Waals surface area contributed by atoms with Gasteiger partial charge in [0.15, 0.2) is 0 Å². The van der Waals surface area contributed by atoms with Gasteiger partial charge >= 0.3 is 0 Å². The van der Waals surface area contributed by atoms with Gasteiger partial charge in [0.1, 0.15) is 18.0 Å². The van der Waals surface area contributed by atoms with Crippen LogP contribution in [-0.4, -0.2) is 14.3 Å². The van der Waals surface area contributed by atoms with Crippen molar-refractivity contribution >= 4 is 22.9 Å². The molecule has 0 N–H and O–H groups in total. The van der Waals surface area contributed by atoms with Crippen LogP contribution >= 0.6 is 11.6 Å². The molecule has 6 nitrogen and oxygen atoms in total. The first-order valence-corrected chi connectivity index (χ1v) is 8.58. The summed E-state index contributed by atoms with van der Waals surface area (Å²) in [5.74, 6) is 0.720. The molecule has 0 saturated carbocycles. The van der Waals surface area contributed by atoms with Crippen LogP contribution in [0.5, 0.6) is 5.75 Å². The normalized spacial score (nSPS) is 10.9. The first kappa shape index (κ1) is 17.1. The zero-order valence-electron chi connectivity index (χ0n) is 14.1. The summed E-state index contributed by atoms with van der Waals surface area (Å²) in [7, 11) is 0. The maximum absolute atomic E-state index is 10.9. The van der Waals surface area contributed by atoms with Crippen LogP contribution in [-0.2, 0) is 6.61 Å². The number of halogens is 1. The standard InChI is InChI=1S/C20H14ClN3O3/c21-18-4-2-1-3-15(18)13-27-17-8-5-14(6-9-17)19-12-23-11-16(24(25)26)7-10-20(23)22-19/h1-12H,13H2. The van der Waals surface area contributed by atoms with Gasteiger partial charge in [0.2, 0.25) is 0 Å². The van der Waals surface area contributed by atoms with Crippen molar-refractivity contribution in [3.63, 3.8) is 0 Å². The lowest BCUT2D eigenvalue weighted by Crippen LogP contribution is -1.95. The fraction of sp³-hybridized carbons (Fsp3) is 0.0500. The van der Waals surface area contributed by atoms with Crippen LogP contribution in [0.1, 0.15) is 5.56 Å². The summed E-state index contributed by atoms with van der Waals surface area (Å²) in [5, 5.41) is 11.6. The third-order valence-corrected chi connectivity index (χ3v) is 4.52. The Morgan fingerprint density at radius 1 is 1.04 bits per heavy atom. The summed E-state index contributed by atoms with van der Waals surface area (Å²) >= 11 is 6.13. The summed E-state index contributed by atoms with van der Waals surface area (Å²) in [5.41, 5.74) is 3.22. The fourth-order valence-corrected chi connectivity index (χ4v) is 2.92. The SMILES string of the molecule is O=[N+]([O-])c1ccc2nc(-c3ccc(OCc4ccccc4Cl)cc3)cn2c1. The van der Waals surface area contributed by atoms with Crippen LogP contribution in [0.25, 0.3) is 16.9 Å². The Kier molecular flexibility index (Phi) is 4.48. The number of nitro groups is 1. The molecule has 2 aromatic heterocycles. The van der Waals surface area contributed by atoms with E-state index >= 15 is 0 Å². The number of pyridine rings is 1. The van der Waals surface area contributed by atoms with E-state index in [1.54, 1.807) is 16.7 Å². The zero-order chi connectivity index (χ0) is 18.8. The molecule has 0 atom stereocenters. The topological polar surface area (TPSA) is 69.7 Å². The number of aromatic nitrogens is 2. The summed E-state index contributed by atoms with van der Waals surface area (Å²) in [6.07, 6.45) is 3.22. The maximum atomic E-state index is 10.9. The highest BCUT2D eigenvalue weighted by atomic mass is 35.5. The van der Waals surface area contributed by atoms with Gasteiger partial charge in [0, 0.05) is 28.4 Å². The Hall–Kier alpha value is -3.38. The van der Waals surface area contributed by atoms with E-state index in [1.807, 2.05) is 48.5 Å². The predicted molar refractivity (Wildman–Crippen MR) is 103 cm³/mol. The number of rotatable bonds is 5. The second-order valence-corrected chi connectivity index (χ2v) is 6.35. The Bertz CT molecular complexity index is 1120. The van der Waals surface area contributed by atoms with Gasteiger partial charge in [-0.2, -0.15) is 0 Å². The number of fused-ring (bicyclic) bond motifs is 1. The van der Waals surface area contributed by atoms with Gasteiger partial charge in [-0.25, -0.2) is 4.98 Å². The van der Waals surface area contributed by atoms with Gasteiger partial charge in [-0.05, 0) is 36.4 Å². The molecule has 7 heteroatoms. The number of benzene rings is 2. The second kappa shape index (κ2) is 7.09. The molecule has 134 valence electrons. The molecule has 27 heavy (non-hydrogen) atoms. The summed E-state index contributed by atoms with van der Waals surface area (Å²) in [6.45, 7) is 0.386. The van der Waals surface area contributed by atoms with Crippen LogP contribution < -0.4 is 4.74 Å². The molecule has 0 fully saturated rings. The van der Waals surface area contributed by atoms with Gasteiger partial charge in [-0.1, -0.05) is 29.8 Å². The van der Waals surface area contributed by atoms with Crippen LogP contribution in [0.2, 0.25) is 5.02 Å². The van der Waals surface area contributed by atoms with Crippen LogP contribution in [0.15, 0.2) is 73.1 Å². The van der Waals surface area contributed by atoms with E-state index in [9.17, 15) is 10.1 Å². The third-order valence-electron chi connectivity index (χ3n) is 4.15. The summed E-state index contributed by atoms with van der Waals surface area (Å²) < 4.78 is 7.43. The van der Waals surface area contributed by atoms with Crippen molar-refractivity contribution in [2.24, 2.45) is 0 Å². The molecular weight excluding hydrogens is 366 g/mol. The van der Waals surface area contributed by atoms with Gasteiger partial charge < -0.3 is 4.74 Å². The number of ether oxygens (including phenoxy) is 1. The van der Waals surface area contributed by atoms with Crippen molar-refractivity contribution < 1.29 is 9.66 Å². The Balaban J connectivity index is 1.52. The zero-order valence-corrected chi connectivity index (χ0v) is 14.8. The molecule has 0 amide bonds. The lowest BCUT2D eigenvalue weighted by molar-refractivity contribution is -0.385. The van der Waals surface area contributed by atoms with E-state index in [1.165, 1.54) is 12.3 Å². The second-order valence-electron chi connectivity index (χ2n) is 5.94. The van der Waals surface area contributed by atoms with Crippen molar-refractivity contribution in [2.75, 3.05) is 0 Å². The summed E-state index contributed by atoms with van der Waals surface area (Å²) in [6, 6.07) is 18.1. The van der Waals surface area contributed by atoms with E-state index in [0.717, 1.165) is 22.6 Å². The largest absolute Gasteiger partial charge is 0.489 e. The molecule has 0 radical (unpaired) electrons. The number of nitrogens with zero attached hydrogens (tertiary/aromatic N) is 3. The average molecular weight is 380 g/mol. The molecule has 2 aromatic carbocycles. The van der Waals surface area contributed by atoms with Crippen molar-refractivity contribution in [1.82, 2.24) is 9.38 Å². The molecule has 0 aliphatic carbocycles. The van der Waals surface area contributed by atoms with Gasteiger partial charge in [-0.3, -0.25) is 14.5 Å². The van der Waals surface area contributed by atoms with Crippen LogP contribution in [0.4, 0.5) is 5.69 Å². The number of hydrogen-bond donors (Lipinski definition) is 0. The minimum atomic E-state index is -0.426. The van der Waals surface area contributed by atoms with E-state index in [4.69, 9.17) is 16.3 Å². The Labute approximate surface area is 159 Å². The molecule has 0 unspecified atom stereocenters. The van der Waals surface area contributed by atoms with Crippen molar-refractivity contribution in [3.05, 3.63) is 93.8 Å². The Morgan fingerprint density at radius 3 is 2.56 bits per heavy atom. The molecule has 0 spiro atoms. The predicted octanol–water partition coefficient (Wildman–Crippen LogP) is 5.14. The lowest BCUT2D eigenvalue weighted by Gasteiger charge is -2.08. The minimum Gasteiger partial charge on any atom is -0.489 e. The van der Waals surface area contributed by atoms with Gasteiger partial charge in [-0.15, -0.1) is 0 Å². The quantitative estimate of drug-likeness (QED) is 0.355. The first-order chi connectivity index (χ1) is 13.1. The lowest BCUT2D eigenvalue weighted by atomic mass is 10.1. The minimum absolute atomic E-state index is 0.0229. The molecular formula is C20H14ClN3O3. The highest BCUT2D eigenvalue weighted by molar-refractivity contribution is 6.31. The molecule has 4 rings (SSSR count). The highest BCUT2D eigenvalue weighted by Gasteiger charge is 2.10. The van der Waals surface area contributed by atoms with E-state index in [0.29, 0.717) is 17.3 Å². The van der Waals surface area contributed by atoms with Crippen molar-refractivity contribution in [2.45, 2.75) is 6.61 Å².